The zero-order valence-corrected chi connectivity index (χ0v) is 16.7. The summed E-state index contributed by atoms with van der Waals surface area (Å²) in [5.74, 6) is -0.545. The molecule has 0 amide bonds. The summed E-state index contributed by atoms with van der Waals surface area (Å²) in [6, 6.07) is 5.96. The number of aliphatic hydroxyl groups is 2. The van der Waals surface area contributed by atoms with Crippen LogP contribution in [0.4, 0.5) is 23.5 Å². The van der Waals surface area contributed by atoms with Gasteiger partial charge in [0.05, 0.1) is 18.8 Å². The second-order valence-electron chi connectivity index (χ2n) is 5.79. The first-order valence-electron chi connectivity index (χ1n) is 8.84. The van der Waals surface area contributed by atoms with Gasteiger partial charge < -0.3 is 30.9 Å². The third-order valence-corrected chi connectivity index (χ3v) is 4.12. The molecule has 0 radical (unpaired) electrons. The second kappa shape index (κ2) is 11.9. The Balaban J connectivity index is 2.27. The van der Waals surface area contributed by atoms with E-state index < -0.39 is 17.2 Å². The summed E-state index contributed by atoms with van der Waals surface area (Å²) in [7, 11) is 0. The standard InChI is InChI=1S/C16H23N7O6S/c24-9-6-17-14-20-15(19-12-3-1-11(2-4-12)13(26)27)22-16(21-14)23(8-10-25)7-5-18-30(28)29/h1-4,18,24-25H,5-10H2,(H,26,27)(H,28,29)(H2,17,19,20,21,22). The Hall–Kier alpha value is -2.91. The highest BCUT2D eigenvalue weighted by Gasteiger charge is 2.14. The molecule has 2 rings (SSSR count). The van der Waals surface area contributed by atoms with Crippen molar-refractivity contribution < 1.29 is 28.9 Å². The predicted octanol–water partition coefficient (Wildman–Crippen LogP) is -0.757. The molecular weight excluding hydrogens is 418 g/mol. The number of benzene rings is 1. The molecule has 0 spiro atoms. The Morgan fingerprint density at radius 3 is 2.30 bits per heavy atom. The van der Waals surface area contributed by atoms with Gasteiger partial charge in [-0.25, -0.2) is 13.7 Å². The molecule has 1 heterocycles. The molecule has 0 fully saturated rings. The number of rotatable bonds is 13. The summed E-state index contributed by atoms with van der Waals surface area (Å²) in [5.41, 5.74) is 0.668. The lowest BCUT2D eigenvalue weighted by molar-refractivity contribution is 0.0697. The van der Waals surface area contributed by atoms with E-state index in [0.717, 1.165) is 0 Å². The van der Waals surface area contributed by atoms with Gasteiger partial charge in [0.2, 0.25) is 29.1 Å². The van der Waals surface area contributed by atoms with Gasteiger partial charge in [0.1, 0.15) is 0 Å². The fraction of sp³-hybridized carbons (Fsp3) is 0.375. The molecule has 1 aromatic heterocycles. The molecular formula is C16H23N7O6S. The van der Waals surface area contributed by atoms with E-state index in [2.05, 4.69) is 30.3 Å². The molecule has 0 aliphatic heterocycles. The van der Waals surface area contributed by atoms with Gasteiger partial charge in [-0.15, -0.1) is 0 Å². The van der Waals surface area contributed by atoms with Crippen LogP contribution >= 0.6 is 0 Å². The van der Waals surface area contributed by atoms with Crippen molar-refractivity contribution in [3.05, 3.63) is 29.8 Å². The number of aromatic nitrogens is 3. The highest BCUT2D eigenvalue weighted by molar-refractivity contribution is 7.77. The van der Waals surface area contributed by atoms with E-state index in [0.29, 0.717) is 5.69 Å². The monoisotopic (exact) mass is 441 g/mol. The van der Waals surface area contributed by atoms with Gasteiger partial charge in [-0.05, 0) is 24.3 Å². The van der Waals surface area contributed by atoms with E-state index in [4.69, 9.17) is 14.8 Å². The molecule has 30 heavy (non-hydrogen) atoms. The maximum atomic E-state index is 11.0. The van der Waals surface area contributed by atoms with Crippen LogP contribution in [-0.2, 0) is 11.3 Å². The average Bonchev–Trinajstić information content (AvgIpc) is 2.71. The molecule has 0 saturated carbocycles. The van der Waals surface area contributed by atoms with Gasteiger partial charge in [-0.3, -0.25) is 4.55 Å². The molecule has 7 N–H and O–H groups in total. The zero-order chi connectivity index (χ0) is 21.9. The Morgan fingerprint density at radius 2 is 1.70 bits per heavy atom. The van der Waals surface area contributed by atoms with Crippen LogP contribution in [0, 0.1) is 0 Å². The molecule has 164 valence electrons. The van der Waals surface area contributed by atoms with E-state index in [9.17, 15) is 14.1 Å². The summed E-state index contributed by atoms with van der Waals surface area (Å²) in [6.45, 7) is 0.369. The predicted molar refractivity (Wildman–Crippen MR) is 110 cm³/mol. The first kappa shape index (κ1) is 23.4. The topological polar surface area (TPSA) is 193 Å². The Morgan fingerprint density at radius 1 is 1.00 bits per heavy atom. The second-order valence-corrected chi connectivity index (χ2v) is 6.58. The van der Waals surface area contributed by atoms with Gasteiger partial charge >= 0.3 is 5.97 Å². The third kappa shape index (κ3) is 7.49. The van der Waals surface area contributed by atoms with Crippen LogP contribution in [0.3, 0.4) is 0 Å². The molecule has 13 nitrogen and oxygen atoms in total. The van der Waals surface area contributed by atoms with Crippen LogP contribution < -0.4 is 20.3 Å². The normalized spacial score (nSPS) is 11.7. The van der Waals surface area contributed by atoms with Crippen LogP contribution in [0.1, 0.15) is 10.4 Å². The lowest BCUT2D eigenvalue weighted by Gasteiger charge is -2.22. The van der Waals surface area contributed by atoms with Crippen molar-refractivity contribution in [2.45, 2.75) is 0 Å². The van der Waals surface area contributed by atoms with Crippen LogP contribution in [0.25, 0.3) is 0 Å². The van der Waals surface area contributed by atoms with Crippen molar-refractivity contribution in [2.24, 2.45) is 0 Å². The number of aliphatic hydroxyl groups excluding tert-OH is 2. The van der Waals surface area contributed by atoms with Crippen LogP contribution in [0.15, 0.2) is 24.3 Å². The molecule has 0 saturated heterocycles. The zero-order valence-electron chi connectivity index (χ0n) is 15.9. The molecule has 1 atom stereocenters. The van der Waals surface area contributed by atoms with Gasteiger partial charge in [0.15, 0.2) is 0 Å². The van der Waals surface area contributed by atoms with Crippen molar-refractivity contribution in [3.63, 3.8) is 0 Å². The van der Waals surface area contributed by atoms with Crippen LogP contribution in [0.2, 0.25) is 0 Å². The fourth-order valence-electron chi connectivity index (χ4n) is 2.33. The van der Waals surface area contributed by atoms with Gasteiger partial charge in [-0.2, -0.15) is 15.0 Å². The largest absolute Gasteiger partial charge is 0.478 e. The number of anilines is 4. The molecule has 0 aliphatic rings. The maximum absolute atomic E-state index is 11.0. The summed E-state index contributed by atoms with van der Waals surface area (Å²) in [6.07, 6.45) is 0. The lowest BCUT2D eigenvalue weighted by atomic mass is 10.2. The maximum Gasteiger partial charge on any atom is 0.335 e. The van der Waals surface area contributed by atoms with Crippen LogP contribution in [-0.4, -0.2) is 84.4 Å². The highest BCUT2D eigenvalue weighted by Crippen LogP contribution is 2.18. The van der Waals surface area contributed by atoms with Crippen molar-refractivity contribution in [1.29, 1.82) is 0 Å². The number of carboxylic acid groups (broad SMARTS) is 1. The Bertz CT molecular complexity index is 854. The minimum Gasteiger partial charge on any atom is -0.478 e. The minimum absolute atomic E-state index is 0.130. The number of carboxylic acids is 1. The van der Waals surface area contributed by atoms with E-state index >= 15 is 0 Å². The molecule has 1 unspecified atom stereocenters. The average molecular weight is 441 g/mol. The third-order valence-electron chi connectivity index (χ3n) is 3.67. The van der Waals surface area contributed by atoms with Crippen LogP contribution in [0.5, 0.6) is 0 Å². The van der Waals surface area contributed by atoms with E-state index in [-0.39, 0.29) is 62.8 Å². The van der Waals surface area contributed by atoms with E-state index in [1.54, 1.807) is 17.0 Å². The molecule has 0 aliphatic carbocycles. The number of carbonyl (C=O) groups is 1. The Labute approximate surface area is 174 Å². The number of nitrogens with zero attached hydrogens (tertiary/aromatic N) is 4. The molecule has 1 aromatic carbocycles. The number of hydrogen-bond acceptors (Lipinski definition) is 10. The van der Waals surface area contributed by atoms with Crippen molar-refractivity contribution in [2.75, 3.05) is 54.9 Å². The summed E-state index contributed by atoms with van der Waals surface area (Å²) in [5, 5.41) is 33.1. The van der Waals surface area contributed by atoms with Crippen molar-refractivity contribution in [1.82, 2.24) is 19.7 Å². The van der Waals surface area contributed by atoms with E-state index in [1.165, 1.54) is 12.1 Å². The fourth-order valence-corrected chi connectivity index (χ4v) is 2.60. The number of nitrogens with one attached hydrogen (secondary N) is 3. The Kier molecular flexibility index (Phi) is 9.30. The molecule has 14 heteroatoms. The summed E-state index contributed by atoms with van der Waals surface area (Å²) >= 11 is -2.17. The molecule has 2 aromatic rings. The summed E-state index contributed by atoms with van der Waals surface area (Å²) < 4.78 is 22.0. The highest BCUT2D eigenvalue weighted by atomic mass is 32.2. The first-order valence-corrected chi connectivity index (χ1v) is 9.95. The lowest BCUT2D eigenvalue weighted by Crippen LogP contribution is -2.36. The smallest absolute Gasteiger partial charge is 0.335 e. The van der Waals surface area contributed by atoms with Gasteiger partial charge in [-0.1, -0.05) is 0 Å². The van der Waals surface area contributed by atoms with Crippen molar-refractivity contribution in [3.8, 4) is 0 Å². The van der Waals surface area contributed by atoms with E-state index in [1.807, 2.05) is 0 Å². The number of aromatic carboxylic acids is 1. The quantitative estimate of drug-likeness (QED) is 0.192. The van der Waals surface area contributed by atoms with Gasteiger partial charge in [0.25, 0.3) is 0 Å². The SMILES string of the molecule is O=C(O)c1ccc(Nc2nc(NCCO)nc(N(CCO)CCNS(=O)O)n2)cc1. The van der Waals surface area contributed by atoms with Gasteiger partial charge in [0, 0.05) is 31.9 Å². The minimum atomic E-state index is -2.17. The summed E-state index contributed by atoms with van der Waals surface area (Å²) in [4.78, 5) is 25.3. The number of hydrogen-bond donors (Lipinski definition) is 7. The van der Waals surface area contributed by atoms with Crippen molar-refractivity contribution >= 4 is 40.8 Å². The molecule has 0 bridgehead atoms. The first-order chi connectivity index (χ1) is 14.4.